The van der Waals surface area contributed by atoms with Gasteiger partial charge in [0.05, 0.1) is 0 Å². The summed E-state index contributed by atoms with van der Waals surface area (Å²) in [4.78, 5) is 2.47. The third kappa shape index (κ3) is 1.49. The number of halogens is 1. The molecule has 0 radical (unpaired) electrons. The Morgan fingerprint density at radius 3 is 2.83 bits per heavy atom. The van der Waals surface area contributed by atoms with Crippen molar-refractivity contribution in [1.29, 1.82) is 0 Å². The highest BCUT2D eigenvalue weighted by Gasteiger charge is 2.42. The van der Waals surface area contributed by atoms with E-state index in [2.05, 4.69) is 11.9 Å². The van der Waals surface area contributed by atoms with E-state index in [1.807, 2.05) is 0 Å². The van der Waals surface area contributed by atoms with Gasteiger partial charge in [-0.2, -0.15) is 0 Å². The molecule has 0 aromatic rings. The lowest BCUT2D eigenvalue weighted by molar-refractivity contribution is 0.282. The molecule has 1 nitrogen and oxygen atoms in total. The molecule has 0 aromatic heterocycles. The van der Waals surface area contributed by atoms with Crippen molar-refractivity contribution < 1.29 is 0 Å². The fourth-order valence-corrected chi connectivity index (χ4v) is 3.25. The van der Waals surface area contributed by atoms with Gasteiger partial charge in [0.2, 0.25) is 0 Å². The van der Waals surface area contributed by atoms with Crippen LogP contribution in [-0.4, -0.2) is 30.9 Å². The van der Waals surface area contributed by atoms with E-state index in [1.54, 1.807) is 0 Å². The Kier molecular flexibility index (Phi) is 2.35. The van der Waals surface area contributed by atoms with E-state index in [9.17, 15) is 0 Å². The first-order chi connectivity index (χ1) is 5.74. The first-order valence-corrected chi connectivity index (χ1v) is 5.52. The molecule has 70 valence electrons. The van der Waals surface area contributed by atoms with Gasteiger partial charge in [-0.25, -0.2) is 0 Å². The van der Waals surface area contributed by atoms with Crippen molar-refractivity contribution in [2.75, 3.05) is 26.0 Å². The van der Waals surface area contributed by atoms with E-state index in [4.69, 9.17) is 11.6 Å². The maximum atomic E-state index is 5.89. The molecule has 2 aliphatic rings. The van der Waals surface area contributed by atoms with E-state index in [0.29, 0.717) is 5.41 Å². The third-order valence-electron chi connectivity index (χ3n) is 3.65. The average molecular weight is 188 g/mol. The van der Waals surface area contributed by atoms with E-state index < -0.39 is 0 Å². The number of alkyl halides is 1. The van der Waals surface area contributed by atoms with Crippen LogP contribution in [0.25, 0.3) is 0 Å². The molecule has 2 fully saturated rings. The van der Waals surface area contributed by atoms with Crippen molar-refractivity contribution in [1.82, 2.24) is 4.90 Å². The van der Waals surface area contributed by atoms with Gasteiger partial charge < -0.3 is 4.90 Å². The summed E-state index contributed by atoms with van der Waals surface area (Å²) in [6.45, 7) is 2.62. The van der Waals surface area contributed by atoms with Crippen molar-refractivity contribution in [3.05, 3.63) is 0 Å². The monoisotopic (exact) mass is 187 g/mol. The van der Waals surface area contributed by atoms with Gasteiger partial charge in [-0.05, 0) is 50.6 Å². The molecule has 0 N–H and O–H groups in total. The highest BCUT2D eigenvalue weighted by Crippen LogP contribution is 2.47. The van der Waals surface area contributed by atoms with Gasteiger partial charge in [0.15, 0.2) is 0 Å². The molecule has 0 unspecified atom stereocenters. The van der Waals surface area contributed by atoms with Gasteiger partial charge in [-0.3, -0.25) is 0 Å². The van der Waals surface area contributed by atoms with Crippen LogP contribution in [0.3, 0.4) is 0 Å². The summed E-state index contributed by atoms with van der Waals surface area (Å²) in [5.74, 6) is 1.70. The standard InChI is InChI=1S/C10H18ClN/c1-12-5-4-10(8-12)3-2-9(6-10)7-11/h9H,2-8H2,1H3/t9-,10-/m1/s1. The number of likely N-dealkylation sites (tertiary alicyclic amines) is 1. The second-order valence-corrected chi connectivity index (χ2v) is 5.06. The fraction of sp³-hybridized carbons (Fsp3) is 1.00. The second-order valence-electron chi connectivity index (χ2n) is 4.75. The van der Waals surface area contributed by atoms with Crippen molar-refractivity contribution in [3.63, 3.8) is 0 Å². The number of hydrogen-bond donors (Lipinski definition) is 0. The van der Waals surface area contributed by atoms with Gasteiger partial charge in [0.25, 0.3) is 0 Å². The molecule has 0 bridgehead atoms. The minimum Gasteiger partial charge on any atom is -0.306 e. The molecule has 1 heterocycles. The highest BCUT2D eigenvalue weighted by molar-refractivity contribution is 6.18. The van der Waals surface area contributed by atoms with E-state index in [0.717, 1.165) is 11.8 Å². The Hall–Kier alpha value is 0.250. The molecule has 2 rings (SSSR count). The van der Waals surface area contributed by atoms with Crippen LogP contribution in [0.1, 0.15) is 25.7 Å². The topological polar surface area (TPSA) is 3.24 Å². The molecule has 2 atom stereocenters. The summed E-state index contributed by atoms with van der Waals surface area (Å²) in [5, 5.41) is 0. The summed E-state index contributed by atoms with van der Waals surface area (Å²) >= 11 is 5.89. The predicted octanol–water partition coefficient (Wildman–Crippen LogP) is 2.35. The lowest BCUT2D eigenvalue weighted by Gasteiger charge is -2.22. The molecule has 2 heteroatoms. The van der Waals surface area contributed by atoms with Gasteiger partial charge in [0, 0.05) is 12.4 Å². The van der Waals surface area contributed by atoms with Crippen LogP contribution < -0.4 is 0 Å². The van der Waals surface area contributed by atoms with Crippen LogP contribution in [0.4, 0.5) is 0 Å². The first kappa shape index (κ1) is 8.83. The van der Waals surface area contributed by atoms with E-state index >= 15 is 0 Å². The van der Waals surface area contributed by atoms with Crippen LogP contribution in [0.2, 0.25) is 0 Å². The Bertz CT molecular complexity index is 171. The molecule has 1 saturated heterocycles. The molecule has 1 spiro atoms. The van der Waals surface area contributed by atoms with E-state index in [-0.39, 0.29) is 0 Å². The van der Waals surface area contributed by atoms with Gasteiger partial charge in [0.1, 0.15) is 0 Å². The smallest absolute Gasteiger partial charge is 0.0251 e. The fourth-order valence-electron chi connectivity index (χ4n) is 2.99. The van der Waals surface area contributed by atoms with Crippen molar-refractivity contribution in [2.45, 2.75) is 25.7 Å². The number of nitrogens with zero attached hydrogens (tertiary/aromatic N) is 1. The highest BCUT2D eigenvalue weighted by atomic mass is 35.5. The molecule has 0 aromatic carbocycles. The Morgan fingerprint density at radius 1 is 1.50 bits per heavy atom. The number of hydrogen-bond acceptors (Lipinski definition) is 1. The second kappa shape index (κ2) is 3.19. The predicted molar refractivity (Wildman–Crippen MR) is 52.6 cm³/mol. The molecule has 12 heavy (non-hydrogen) atoms. The van der Waals surface area contributed by atoms with Crippen LogP contribution in [0, 0.1) is 11.3 Å². The maximum absolute atomic E-state index is 5.89. The maximum Gasteiger partial charge on any atom is 0.0251 e. The Morgan fingerprint density at radius 2 is 2.33 bits per heavy atom. The molecule has 1 saturated carbocycles. The third-order valence-corrected chi connectivity index (χ3v) is 4.09. The summed E-state index contributed by atoms with van der Waals surface area (Å²) in [6.07, 6.45) is 5.60. The van der Waals surface area contributed by atoms with Crippen molar-refractivity contribution in [3.8, 4) is 0 Å². The summed E-state index contributed by atoms with van der Waals surface area (Å²) < 4.78 is 0. The number of rotatable bonds is 1. The lowest BCUT2D eigenvalue weighted by Crippen LogP contribution is -2.22. The molecular weight excluding hydrogens is 170 g/mol. The van der Waals surface area contributed by atoms with Crippen molar-refractivity contribution >= 4 is 11.6 Å². The van der Waals surface area contributed by atoms with Gasteiger partial charge in [-0.1, -0.05) is 0 Å². The van der Waals surface area contributed by atoms with Crippen LogP contribution in [0.15, 0.2) is 0 Å². The SMILES string of the molecule is CN1CC[C@@]2(CC[C@@H](CCl)C2)C1. The molecule has 1 aliphatic carbocycles. The van der Waals surface area contributed by atoms with E-state index in [1.165, 1.54) is 38.8 Å². The van der Waals surface area contributed by atoms with Crippen LogP contribution in [0.5, 0.6) is 0 Å². The quantitative estimate of drug-likeness (QED) is 0.570. The Labute approximate surface area is 80.1 Å². The van der Waals surface area contributed by atoms with Crippen LogP contribution in [-0.2, 0) is 0 Å². The van der Waals surface area contributed by atoms with Crippen LogP contribution >= 0.6 is 11.6 Å². The Balaban J connectivity index is 1.97. The summed E-state index contributed by atoms with van der Waals surface area (Å²) in [5.41, 5.74) is 0.675. The molecule has 1 aliphatic heterocycles. The zero-order valence-corrected chi connectivity index (χ0v) is 8.61. The first-order valence-electron chi connectivity index (χ1n) is 4.99. The molecular formula is C10H18ClN. The largest absolute Gasteiger partial charge is 0.306 e. The summed E-state index contributed by atoms with van der Waals surface area (Å²) in [6, 6.07) is 0. The zero-order chi connectivity index (χ0) is 8.60. The average Bonchev–Trinajstić information content (AvgIpc) is 2.61. The summed E-state index contributed by atoms with van der Waals surface area (Å²) in [7, 11) is 2.24. The zero-order valence-electron chi connectivity index (χ0n) is 7.85. The normalized spacial score (nSPS) is 43.0. The van der Waals surface area contributed by atoms with Gasteiger partial charge >= 0.3 is 0 Å². The lowest BCUT2D eigenvalue weighted by atomic mass is 9.85. The minimum atomic E-state index is 0.675. The van der Waals surface area contributed by atoms with Crippen molar-refractivity contribution in [2.24, 2.45) is 11.3 Å². The minimum absolute atomic E-state index is 0.675. The molecule has 0 amide bonds. The van der Waals surface area contributed by atoms with Gasteiger partial charge in [-0.15, -0.1) is 11.6 Å².